The third kappa shape index (κ3) is 5.65. The number of carboxylic acid groups (broad SMARTS) is 1. The normalized spacial score (nSPS) is 10.3. The number of aromatic carboxylic acids is 1. The standard InChI is InChI=1S/C27H20N4O5/c32-16-21-12-17(5-7-23(21)30-25(33)19-3-1-9-28-14-19)11-18-6-8-24(22(13-18)27(35)36)31-26(34)20-4-2-10-29-15-20/h1-10,12-16H,11H2,(H,30,33)(H,31,34)(H,35,36). The summed E-state index contributed by atoms with van der Waals surface area (Å²) < 4.78 is 0. The number of aldehydes is 1. The highest BCUT2D eigenvalue weighted by molar-refractivity contribution is 6.08. The van der Waals surface area contributed by atoms with Crippen LogP contribution in [0.2, 0.25) is 0 Å². The molecule has 9 heteroatoms. The number of hydrogen-bond acceptors (Lipinski definition) is 6. The molecule has 0 aliphatic heterocycles. The van der Waals surface area contributed by atoms with Gasteiger partial charge in [0.2, 0.25) is 0 Å². The lowest BCUT2D eigenvalue weighted by molar-refractivity contribution is 0.0697. The Kier molecular flexibility index (Phi) is 7.21. The highest BCUT2D eigenvalue weighted by Crippen LogP contribution is 2.23. The van der Waals surface area contributed by atoms with Crippen LogP contribution in [0.1, 0.15) is 52.6 Å². The van der Waals surface area contributed by atoms with Gasteiger partial charge < -0.3 is 15.7 Å². The lowest BCUT2D eigenvalue weighted by Crippen LogP contribution is -2.15. The number of hydrogen-bond donors (Lipinski definition) is 3. The Morgan fingerprint density at radius 1 is 0.778 bits per heavy atom. The van der Waals surface area contributed by atoms with E-state index in [1.165, 1.54) is 30.7 Å². The molecule has 36 heavy (non-hydrogen) atoms. The maximum atomic E-state index is 12.4. The zero-order chi connectivity index (χ0) is 25.5. The Bertz CT molecular complexity index is 1440. The van der Waals surface area contributed by atoms with Crippen molar-refractivity contribution < 1.29 is 24.3 Å². The maximum absolute atomic E-state index is 12.4. The Labute approximate surface area is 205 Å². The molecule has 0 aliphatic carbocycles. The van der Waals surface area contributed by atoms with Crippen molar-refractivity contribution >= 4 is 35.4 Å². The first-order chi connectivity index (χ1) is 17.4. The van der Waals surface area contributed by atoms with Gasteiger partial charge in [-0.25, -0.2) is 4.79 Å². The minimum atomic E-state index is -1.19. The third-order valence-corrected chi connectivity index (χ3v) is 5.31. The summed E-state index contributed by atoms with van der Waals surface area (Å²) in [5.41, 5.74) is 2.77. The highest BCUT2D eigenvalue weighted by atomic mass is 16.4. The molecule has 0 saturated heterocycles. The average Bonchev–Trinajstić information content (AvgIpc) is 2.91. The number of carboxylic acids is 1. The molecule has 0 bridgehead atoms. The zero-order valence-corrected chi connectivity index (χ0v) is 18.8. The smallest absolute Gasteiger partial charge is 0.337 e. The van der Waals surface area contributed by atoms with E-state index < -0.39 is 17.8 Å². The molecule has 2 amide bonds. The number of nitrogens with zero attached hydrogens (tertiary/aromatic N) is 2. The number of carbonyl (C=O) groups excluding carboxylic acids is 3. The quantitative estimate of drug-likeness (QED) is 0.323. The number of aromatic nitrogens is 2. The van der Waals surface area contributed by atoms with Gasteiger partial charge in [-0.2, -0.15) is 0 Å². The molecule has 3 N–H and O–H groups in total. The van der Waals surface area contributed by atoms with Crippen LogP contribution in [-0.2, 0) is 6.42 Å². The second kappa shape index (κ2) is 10.8. The predicted molar refractivity (Wildman–Crippen MR) is 132 cm³/mol. The summed E-state index contributed by atoms with van der Waals surface area (Å²) in [6.45, 7) is 0. The summed E-state index contributed by atoms with van der Waals surface area (Å²) in [5, 5.41) is 15.0. The molecule has 178 valence electrons. The van der Waals surface area contributed by atoms with Gasteiger partial charge in [-0.05, 0) is 66.1 Å². The summed E-state index contributed by atoms with van der Waals surface area (Å²) in [5.74, 6) is -2.06. The minimum Gasteiger partial charge on any atom is -0.478 e. The molecule has 2 aromatic heterocycles. The monoisotopic (exact) mass is 480 g/mol. The van der Waals surface area contributed by atoms with Crippen LogP contribution in [-0.4, -0.2) is 39.1 Å². The Morgan fingerprint density at radius 2 is 1.33 bits per heavy atom. The lowest BCUT2D eigenvalue weighted by atomic mass is 9.99. The largest absolute Gasteiger partial charge is 0.478 e. The summed E-state index contributed by atoms with van der Waals surface area (Å²) >= 11 is 0. The number of carbonyl (C=O) groups is 4. The summed E-state index contributed by atoms with van der Waals surface area (Å²) in [6.07, 6.45) is 6.87. The van der Waals surface area contributed by atoms with Crippen LogP contribution in [0.4, 0.5) is 11.4 Å². The second-order valence-corrected chi connectivity index (χ2v) is 7.79. The number of rotatable bonds is 8. The second-order valence-electron chi connectivity index (χ2n) is 7.79. The molecule has 0 fully saturated rings. The van der Waals surface area contributed by atoms with E-state index in [0.29, 0.717) is 35.1 Å². The molecule has 0 spiro atoms. The van der Waals surface area contributed by atoms with Crippen molar-refractivity contribution in [2.75, 3.05) is 10.6 Å². The molecule has 0 saturated carbocycles. The van der Waals surface area contributed by atoms with Crippen LogP contribution in [0, 0.1) is 0 Å². The molecular weight excluding hydrogens is 460 g/mol. The molecule has 4 aromatic rings. The molecule has 9 nitrogen and oxygen atoms in total. The SMILES string of the molecule is O=Cc1cc(Cc2ccc(NC(=O)c3cccnc3)c(C(=O)O)c2)ccc1NC(=O)c1cccnc1. The van der Waals surface area contributed by atoms with Crippen LogP contribution in [0.3, 0.4) is 0 Å². The van der Waals surface area contributed by atoms with Crippen molar-refractivity contribution in [3.63, 3.8) is 0 Å². The molecule has 2 aromatic carbocycles. The summed E-state index contributed by atoms with van der Waals surface area (Å²) in [7, 11) is 0. The van der Waals surface area contributed by atoms with Crippen LogP contribution in [0.15, 0.2) is 85.5 Å². The Hall–Kier alpha value is -5.18. The van der Waals surface area contributed by atoms with E-state index >= 15 is 0 Å². The molecule has 2 heterocycles. The number of pyridine rings is 2. The van der Waals surface area contributed by atoms with Gasteiger partial charge in [-0.1, -0.05) is 12.1 Å². The van der Waals surface area contributed by atoms with E-state index in [1.807, 2.05) is 0 Å². The predicted octanol–water partition coefficient (Wildman–Crippen LogP) is 4.08. The summed E-state index contributed by atoms with van der Waals surface area (Å²) in [6, 6.07) is 16.1. The number of benzene rings is 2. The first-order valence-corrected chi connectivity index (χ1v) is 10.8. The van der Waals surface area contributed by atoms with Gasteiger partial charge in [0, 0.05) is 30.4 Å². The lowest BCUT2D eigenvalue weighted by Gasteiger charge is -2.12. The van der Waals surface area contributed by atoms with Crippen molar-refractivity contribution in [2.45, 2.75) is 6.42 Å². The van der Waals surface area contributed by atoms with Crippen molar-refractivity contribution in [1.82, 2.24) is 9.97 Å². The minimum absolute atomic E-state index is 0.0688. The van der Waals surface area contributed by atoms with E-state index in [0.717, 1.165) is 5.56 Å². The first-order valence-electron chi connectivity index (χ1n) is 10.8. The van der Waals surface area contributed by atoms with Crippen LogP contribution < -0.4 is 10.6 Å². The molecular formula is C27H20N4O5. The molecule has 0 aliphatic rings. The van der Waals surface area contributed by atoms with E-state index in [2.05, 4.69) is 20.6 Å². The Balaban J connectivity index is 1.52. The average molecular weight is 480 g/mol. The van der Waals surface area contributed by atoms with Crippen LogP contribution in [0.5, 0.6) is 0 Å². The summed E-state index contributed by atoms with van der Waals surface area (Å²) in [4.78, 5) is 56.2. The van der Waals surface area contributed by atoms with E-state index in [4.69, 9.17) is 0 Å². The van der Waals surface area contributed by atoms with Gasteiger partial charge in [0.05, 0.1) is 28.1 Å². The van der Waals surface area contributed by atoms with Gasteiger partial charge in [-0.3, -0.25) is 24.4 Å². The number of amides is 2. The first kappa shape index (κ1) is 24.0. The fraction of sp³-hybridized carbons (Fsp3) is 0.0370. The van der Waals surface area contributed by atoms with Gasteiger partial charge in [0.25, 0.3) is 11.8 Å². The number of anilines is 2. The van der Waals surface area contributed by atoms with E-state index in [9.17, 15) is 24.3 Å². The van der Waals surface area contributed by atoms with Crippen molar-refractivity contribution in [3.8, 4) is 0 Å². The van der Waals surface area contributed by atoms with Gasteiger partial charge >= 0.3 is 5.97 Å². The third-order valence-electron chi connectivity index (χ3n) is 5.31. The molecule has 0 unspecified atom stereocenters. The number of nitrogens with one attached hydrogen (secondary N) is 2. The van der Waals surface area contributed by atoms with E-state index in [-0.39, 0.29) is 16.8 Å². The molecule has 0 radical (unpaired) electrons. The van der Waals surface area contributed by atoms with Gasteiger partial charge in [-0.15, -0.1) is 0 Å². The zero-order valence-electron chi connectivity index (χ0n) is 18.8. The highest BCUT2D eigenvalue weighted by Gasteiger charge is 2.16. The fourth-order valence-electron chi connectivity index (χ4n) is 3.54. The van der Waals surface area contributed by atoms with Crippen LogP contribution in [0.25, 0.3) is 0 Å². The molecule has 0 atom stereocenters. The Morgan fingerprint density at radius 3 is 1.86 bits per heavy atom. The van der Waals surface area contributed by atoms with Crippen molar-refractivity contribution in [3.05, 3.63) is 119 Å². The maximum Gasteiger partial charge on any atom is 0.337 e. The fourth-order valence-corrected chi connectivity index (χ4v) is 3.54. The molecule has 4 rings (SSSR count). The van der Waals surface area contributed by atoms with Crippen molar-refractivity contribution in [2.24, 2.45) is 0 Å². The van der Waals surface area contributed by atoms with Crippen molar-refractivity contribution in [1.29, 1.82) is 0 Å². The van der Waals surface area contributed by atoms with Gasteiger partial charge in [0.1, 0.15) is 0 Å². The van der Waals surface area contributed by atoms with E-state index in [1.54, 1.807) is 54.7 Å². The van der Waals surface area contributed by atoms with Gasteiger partial charge in [0.15, 0.2) is 6.29 Å². The van der Waals surface area contributed by atoms with Crippen LogP contribution >= 0.6 is 0 Å². The topological polar surface area (TPSA) is 138 Å².